The summed E-state index contributed by atoms with van der Waals surface area (Å²) in [6, 6.07) is 0. The molecule has 0 spiro atoms. The maximum absolute atomic E-state index is 8.72. The minimum Gasteiger partial charge on any atom is -0.870 e. The third-order valence-electron chi connectivity index (χ3n) is 0. The molecule has 2 N–H and O–H groups in total. The summed E-state index contributed by atoms with van der Waals surface area (Å²) in [5, 5.41) is 0. The van der Waals surface area contributed by atoms with Gasteiger partial charge in [-0.15, -0.1) is 0 Å². The van der Waals surface area contributed by atoms with Crippen molar-refractivity contribution in [2.75, 3.05) is 0 Å². The van der Waals surface area contributed by atoms with E-state index in [0.29, 0.717) is 0 Å². The van der Waals surface area contributed by atoms with Crippen molar-refractivity contribution in [1.29, 1.82) is 0 Å². The molecule has 0 aliphatic carbocycles. The largest absolute Gasteiger partial charge is 3.00 e. The van der Waals surface area contributed by atoms with E-state index in [9.17, 15) is 0 Å². The average Bonchev–Trinajstić information content (AvgIpc) is 0.722. The average molecular weight is 296 g/mol. The Morgan fingerprint density at radius 1 is 1.43 bits per heavy atom. The van der Waals surface area contributed by atoms with Gasteiger partial charge in [0.15, 0.2) is 0 Å². The van der Waals surface area contributed by atoms with Crippen LogP contribution in [0, 0.1) is 35.6 Å². The van der Waals surface area contributed by atoms with Gasteiger partial charge in [-0.1, -0.05) is 0 Å². The van der Waals surface area contributed by atoms with Crippen LogP contribution in [-0.4, -0.2) is 24.1 Å². The summed E-state index contributed by atoms with van der Waals surface area (Å²) in [6.07, 6.45) is 0. The normalized spacial score (nSPS) is 8.43. The summed E-state index contributed by atoms with van der Waals surface area (Å²) in [7, 11) is 0. The van der Waals surface area contributed by atoms with Crippen LogP contribution in [-0.2, 0) is 3.74 Å². The van der Waals surface area contributed by atoms with Crippen LogP contribution in [0.1, 0.15) is 0 Å². The Morgan fingerprint density at radius 2 is 1.43 bits per heavy atom. The molecular formula is H2AsLaO5. The first kappa shape index (κ1) is 15.8. The Labute approximate surface area is 71.0 Å². The molecule has 5 nitrogen and oxygen atoms in total. The SMILES string of the molecule is O=[As]([O-])([O-])O.[La+3].[OH-]. The predicted molar refractivity (Wildman–Crippen MR) is 10.6 cm³/mol. The molecule has 0 aliphatic heterocycles. The zero-order chi connectivity index (χ0) is 4.50. The third kappa shape index (κ3) is 111. The van der Waals surface area contributed by atoms with Crippen molar-refractivity contribution < 1.29 is 57.1 Å². The van der Waals surface area contributed by atoms with Crippen molar-refractivity contribution in [2.24, 2.45) is 0 Å². The van der Waals surface area contributed by atoms with E-state index in [0.717, 1.165) is 0 Å². The molecule has 0 heterocycles. The Kier molecular flexibility index (Phi) is 12.5. The molecule has 40 valence electrons. The van der Waals surface area contributed by atoms with Gasteiger partial charge < -0.3 is 5.48 Å². The predicted octanol–water partition coefficient (Wildman–Crippen LogP) is -3.61. The summed E-state index contributed by atoms with van der Waals surface area (Å²) in [4.78, 5) is 0. The van der Waals surface area contributed by atoms with Crippen LogP contribution < -0.4 is 8.19 Å². The summed E-state index contributed by atoms with van der Waals surface area (Å²) in [5.74, 6) is 0. The second-order valence-electron chi connectivity index (χ2n) is 0.469. The molecular weight excluding hydrogens is 294 g/mol. The van der Waals surface area contributed by atoms with Crippen molar-refractivity contribution in [3.8, 4) is 0 Å². The fourth-order valence-corrected chi connectivity index (χ4v) is 0. The van der Waals surface area contributed by atoms with Gasteiger partial charge in [0.25, 0.3) is 0 Å². The van der Waals surface area contributed by atoms with E-state index >= 15 is 0 Å². The summed E-state index contributed by atoms with van der Waals surface area (Å²) in [6.45, 7) is 0. The monoisotopic (exact) mass is 296 g/mol. The fraction of sp³-hybridized carbons (Fsp3) is 0. The molecule has 0 bridgehead atoms. The molecule has 0 amide bonds. The van der Waals surface area contributed by atoms with Crippen LogP contribution in [0.15, 0.2) is 0 Å². The molecule has 0 aromatic carbocycles. The van der Waals surface area contributed by atoms with Gasteiger partial charge in [-0.05, 0) is 0 Å². The van der Waals surface area contributed by atoms with E-state index in [1.807, 2.05) is 0 Å². The molecule has 0 radical (unpaired) electrons. The second-order valence-corrected chi connectivity index (χ2v) is 2.43. The topological polar surface area (TPSA) is 113 Å². The minimum atomic E-state index is -5.62. The molecule has 7 heteroatoms. The van der Waals surface area contributed by atoms with Gasteiger partial charge in [0.05, 0.1) is 0 Å². The van der Waals surface area contributed by atoms with E-state index in [1.165, 1.54) is 0 Å². The Balaban J connectivity index is -0.0000000800. The molecule has 0 aromatic rings. The number of hydrogen-bond donors (Lipinski definition) is 1. The van der Waals surface area contributed by atoms with E-state index in [4.69, 9.17) is 16.0 Å². The maximum Gasteiger partial charge on any atom is 3.00 e. The van der Waals surface area contributed by atoms with Crippen molar-refractivity contribution in [3.63, 3.8) is 0 Å². The number of rotatable bonds is 0. The second kappa shape index (κ2) is 5.53. The molecule has 0 saturated carbocycles. The first-order chi connectivity index (χ1) is 2.00. The standard InChI is InChI=1S/AsH3O4.La.H2O/c2-1(3,4)5;;/h(H3,2,3,4,5);;1H2/q;+3;/p-3. The van der Waals surface area contributed by atoms with Gasteiger partial charge in [0.1, 0.15) is 0 Å². The van der Waals surface area contributed by atoms with Gasteiger partial charge in [-0.2, -0.15) is 0 Å². The van der Waals surface area contributed by atoms with E-state index < -0.39 is 14.5 Å². The first-order valence-corrected chi connectivity index (χ1v) is 3.89. The van der Waals surface area contributed by atoms with Crippen molar-refractivity contribution in [1.82, 2.24) is 0 Å². The summed E-state index contributed by atoms with van der Waals surface area (Å²) < 4.78 is 33.2. The van der Waals surface area contributed by atoms with Crippen LogP contribution >= 0.6 is 0 Å². The Bertz CT molecular complexity index is 54.2. The van der Waals surface area contributed by atoms with Crippen molar-refractivity contribution in [2.45, 2.75) is 0 Å². The van der Waals surface area contributed by atoms with Gasteiger partial charge in [0, 0.05) is 0 Å². The zero-order valence-electron chi connectivity index (χ0n) is 3.14. The Morgan fingerprint density at radius 3 is 1.43 bits per heavy atom. The maximum atomic E-state index is 8.72. The molecule has 0 rings (SSSR count). The van der Waals surface area contributed by atoms with Crippen LogP contribution in [0.3, 0.4) is 0 Å². The molecule has 0 unspecified atom stereocenters. The minimum absolute atomic E-state index is 0. The van der Waals surface area contributed by atoms with Gasteiger partial charge in [0.2, 0.25) is 0 Å². The molecule has 0 fully saturated rings. The molecule has 7 heavy (non-hydrogen) atoms. The van der Waals surface area contributed by atoms with Crippen molar-refractivity contribution in [3.05, 3.63) is 0 Å². The van der Waals surface area contributed by atoms with E-state index in [1.54, 1.807) is 0 Å². The zero-order valence-corrected chi connectivity index (χ0v) is 8.65. The van der Waals surface area contributed by atoms with E-state index in [2.05, 4.69) is 0 Å². The molecule has 0 aliphatic rings. The van der Waals surface area contributed by atoms with Gasteiger partial charge >= 0.3 is 66.1 Å². The molecule has 0 atom stereocenters. The molecule has 0 saturated heterocycles. The molecule has 0 aromatic heterocycles. The van der Waals surface area contributed by atoms with Gasteiger partial charge in [-0.25, -0.2) is 0 Å². The fourth-order valence-electron chi connectivity index (χ4n) is 0. The smallest absolute Gasteiger partial charge is 0.870 e. The van der Waals surface area contributed by atoms with E-state index in [-0.39, 0.29) is 41.1 Å². The summed E-state index contributed by atoms with van der Waals surface area (Å²) in [5.41, 5.74) is 0. The summed E-state index contributed by atoms with van der Waals surface area (Å²) >= 11 is -5.62. The van der Waals surface area contributed by atoms with Crippen molar-refractivity contribution >= 4 is 14.5 Å². The van der Waals surface area contributed by atoms with Crippen LogP contribution in [0.2, 0.25) is 0 Å². The third-order valence-corrected chi connectivity index (χ3v) is 0. The van der Waals surface area contributed by atoms with Crippen LogP contribution in [0.4, 0.5) is 0 Å². The first-order valence-electron chi connectivity index (χ1n) is 0.748. The van der Waals surface area contributed by atoms with Gasteiger partial charge in [-0.3, -0.25) is 0 Å². The van der Waals surface area contributed by atoms with Crippen LogP contribution in [0.25, 0.3) is 0 Å². The quantitative estimate of drug-likeness (QED) is 0.464. The number of hydrogen-bond acceptors (Lipinski definition) is 4. The van der Waals surface area contributed by atoms with Crippen LogP contribution in [0.5, 0.6) is 0 Å². The Hall–Kier alpha value is 1.39.